The summed E-state index contributed by atoms with van der Waals surface area (Å²) in [7, 11) is 0. The number of esters is 1. The Labute approximate surface area is 357 Å². The number of hydrazine groups is 1. The summed E-state index contributed by atoms with van der Waals surface area (Å²) in [6.07, 6.45) is 12.7. The van der Waals surface area contributed by atoms with E-state index in [1.807, 2.05) is 12.2 Å². The molecule has 0 aromatic heterocycles. The van der Waals surface area contributed by atoms with E-state index in [1.165, 1.54) is 29.1 Å². The predicted octanol–water partition coefficient (Wildman–Crippen LogP) is 4.05. The fraction of sp³-hybridized carbons (Fsp3) is 0.556. The summed E-state index contributed by atoms with van der Waals surface area (Å²) < 4.78 is 20.5. The molecule has 16 heteroatoms. The topological polar surface area (TPSA) is 204 Å². The van der Waals surface area contributed by atoms with Crippen molar-refractivity contribution in [3.05, 3.63) is 77.7 Å². The molecule has 3 heterocycles. The highest BCUT2D eigenvalue weighted by molar-refractivity contribution is 5.93. The SMILES string of the molecule is CC(=O)CC[C@H]1C(=O)N[C@@H](C(C)C)C(=O)N[C@@H](Cc2cc(O)cc(F)c2)C(=O)N2CCCC(N2)C(=O)O[C@H](/C(C)=C/C=C/C(=O)N2CCCCO2)C/C=C/C=C/C[C@H](C)[C@H]1O. The summed E-state index contributed by atoms with van der Waals surface area (Å²) >= 11 is 0. The van der Waals surface area contributed by atoms with Crippen molar-refractivity contribution in [2.75, 3.05) is 19.7 Å². The first-order chi connectivity index (χ1) is 29.0. The number of fused-ring (bicyclic) bond motifs is 2. The van der Waals surface area contributed by atoms with Crippen molar-refractivity contribution in [3.8, 4) is 5.75 Å². The molecular weight excluding hydrogens is 790 g/mol. The number of allylic oxidation sites excluding steroid dienone is 5. The normalized spacial score (nSPS) is 28.0. The van der Waals surface area contributed by atoms with Crippen molar-refractivity contribution in [1.82, 2.24) is 26.1 Å². The molecular formula is C45H62FN5O10. The third-order valence-corrected chi connectivity index (χ3v) is 11.0. The summed E-state index contributed by atoms with van der Waals surface area (Å²) in [5.74, 6) is -6.27. The molecule has 2 saturated heterocycles. The van der Waals surface area contributed by atoms with E-state index >= 15 is 0 Å². The van der Waals surface area contributed by atoms with Crippen LogP contribution in [-0.2, 0) is 44.8 Å². The molecule has 334 valence electrons. The second kappa shape index (κ2) is 23.7. The summed E-state index contributed by atoms with van der Waals surface area (Å²) in [5, 5.41) is 29.6. The number of aliphatic hydroxyl groups is 1. The Balaban J connectivity index is 1.69. The number of halogens is 1. The fourth-order valence-corrected chi connectivity index (χ4v) is 7.34. The lowest BCUT2D eigenvalue weighted by Crippen LogP contribution is -2.62. The smallest absolute Gasteiger partial charge is 0.325 e. The van der Waals surface area contributed by atoms with Gasteiger partial charge >= 0.3 is 5.97 Å². The molecule has 5 N–H and O–H groups in total. The number of nitrogens with zero attached hydrogens (tertiary/aromatic N) is 2. The summed E-state index contributed by atoms with van der Waals surface area (Å²) in [6.45, 7) is 9.45. The molecule has 61 heavy (non-hydrogen) atoms. The number of nitrogens with one attached hydrogen (secondary N) is 3. The number of amides is 4. The molecule has 3 aliphatic rings. The van der Waals surface area contributed by atoms with E-state index in [2.05, 4.69) is 16.1 Å². The van der Waals surface area contributed by atoms with Crippen LogP contribution >= 0.6 is 0 Å². The predicted molar refractivity (Wildman–Crippen MR) is 224 cm³/mol. The van der Waals surface area contributed by atoms with E-state index in [0.29, 0.717) is 38.0 Å². The quantitative estimate of drug-likeness (QED) is 0.136. The number of cyclic esters (lactones) is 1. The Hall–Kier alpha value is -5.19. The van der Waals surface area contributed by atoms with Crippen molar-refractivity contribution in [3.63, 3.8) is 0 Å². The van der Waals surface area contributed by atoms with Crippen LogP contribution in [0.4, 0.5) is 4.39 Å². The molecule has 0 radical (unpaired) electrons. The van der Waals surface area contributed by atoms with Gasteiger partial charge in [-0.2, -0.15) is 0 Å². The maximum atomic E-state index is 14.4. The van der Waals surface area contributed by atoms with Gasteiger partial charge in [-0.3, -0.25) is 33.8 Å². The highest BCUT2D eigenvalue weighted by atomic mass is 19.1. The minimum Gasteiger partial charge on any atom is -0.508 e. The maximum Gasteiger partial charge on any atom is 0.325 e. The molecule has 0 saturated carbocycles. The minimum absolute atomic E-state index is 0.0262. The molecule has 2 fully saturated rings. The number of carbonyl (C=O) groups is 6. The Morgan fingerprint density at radius 2 is 1.72 bits per heavy atom. The number of hydrogen-bond donors (Lipinski definition) is 5. The molecule has 2 bridgehead atoms. The van der Waals surface area contributed by atoms with Gasteiger partial charge in [-0.1, -0.05) is 57.2 Å². The number of aliphatic hydroxyl groups excluding tert-OH is 1. The number of ketones is 1. The van der Waals surface area contributed by atoms with Crippen molar-refractivity contribution in [1.29, 1.82) is 0 Å². The lowest BCUT2D eigenvalue weighted by Gasteiger charge is -2.36. The number of aromatic hydroxyl groups is 1. The van der Waals surface area contributed by atoms with Crippen LogP contribution < -0.4 is 16.1 Å². The number of ether oxygens (including phenoxy) is 1. The number of hydroxylamine groups is 2. The highest BCUT2D eigenvalue weighted by Gasteiger charge is 2.38. The minimum atomic E-state index is -1.36. The van der Waals surface area contributed by atoms with Gasteiger partial charge < -0.3 is 30.4 Å². The standard InChI is InChI=1S/C45H62FN5O10/c1-28(2)40-43(57)47-37(26-32-24-33(46)27-34(53)25-32)44(58)50-21-13-16-36(49-50)45(59)61-38(29(3)15-12-18-39(54)51-22-10-11-23-60-51)17-9-7-6-8-14-30(4)41(55)35(42(56)48-40)20-19-31(5)52/h6-9,12,15,18,24-25,27-28,30,35-38,40-41,49,53,55H,10-11,13-14,16-17,19-23,26H2,1-5H3,(H,47,57)(H,48,56)/b8-6+,9-7+,18-12+,29-15+/t30-,35+,36?,37-,38-,40-,41+/m0/s1. The summed E-state index contributed by atoms with van der Waals surface area (Å²) in [4.78, 5) is 86.2. The van der Waals surface area contributed by atoms with Gasteiger partial charge in [0.25, 0.3) is 11.8 Å². The lowest BCUT2D eigenvalue weighted by molar-refractivity contribution is -0.191. The van der Waals surface area contributed by atoms with Gasteiger partial charge in [0.2, 0.25) is 11.8 Å². The lowest BCUT2D eigenvalue weighted by atomic mass is 9.85. The van der Waals surface area contributed by atoms with Crippen LogP contribution in [0.3, 0.4) is 0 Å². The van der Waals surface area contributed by atoms with Crippen LogP contribution in [0.1, 0.15) is 91.5 Å². The second-order valence-corrected chi connectivity index (χ2v) is 16.4. The summed E-state index contributed by atoms with van der Waals surface area (Å²) in [6, 6.07) is -0.204. The largest absolute Gasteiger partial charge is 0.508 e. The molecule has 0 aliphatic carbocycles. The molecule has 4 rings (SSSR count). The van der Waals surface area contributed by atoms with E-state index in [-0.39, 0.29) is 55.2 Å². The zero-order chi connectivity index (χ0) is 44.6. The van der Waals surface area contributed by atoms with Gasteiger partial charge in [0.15, 0.2) is 0 Å². The molecule has 1 unspecified atom stereocenters. The number of benzene rings is 1. The monoisotopic (exact) mass is 851 g/mol. The van der Waals surface area contributed by atoms with Crippen LogP contribution in [0.25, 0.3) is 0 Å². The first-order valence-corrected chi connectivity index (χ1v) is 21.2. The van der Waals surface area contributed by atoms with Crippen molar-refractivity contribution < 1.29 is 52.9 Å². The third kappa shape index (κ3) is 15.0. The van der Waals surface area contributed by atoms with Crippen LogP contribution in [-0.4, -0.2) is 106 Å². The van der Waals surface area contributed by atoms with Crippen LogP contribution in [0, 0.1) is 23.6 Å². The van der Waals surface area contributed by atoms with Gasteiger partial charge in [-0.25, -0.2) is 14.9 Å². The number of phenols is 1. The first kappa shape index (κ1) is 48.5. The van der Waals surface area contributed by atoms with E-state index in [0.717, 1.165) is 25.0 Å². The average Bonchev–Trinajstić information content (AvgIpc) is 3.22. The number of rotatable bonds is 9. The first-order valence-electron chi connectivity index (χ1n) is 21.2. The van der Waals surface area contributed by atoms with Crippen molar-refractivity contribution >= 4 is 35.4 Å². The molecule has 15 nitrogen and oxygen atoms in total. The molecule has 1 aromatic rings. The fourth-order valence-electron chi connectivity index (χ4n) is 7.34. The van der Waals surface area contributed by atoms with Gasteiger partial charge in [0.05, 0.1) is 18.6 Å². The third-order valence-electron chi connectivity index (χ3n) is 11.0. The van der Waals surface area contributed by atoms with Crippen molar-refractivity contribution in [2.24, 2.45) is 17.8 Å². The van der Waals surface area contributed by atoms with Gasteiger partial charge in [0, 0.05) is 44.5 Å². The molecule has 1 aromatic carbocycles. The van der Waals surface area contributed by atoms with Gasteiger partial charge in [0.1, 0.15) is 41.6 Å². The molecule has 0 spiro atoms. The Kier molecular flexibility index (Phi) is 18.8. The van der Waals surface area contributed by atoms with E-state index in [9.17, 15) is 43.4 Å². The molecule has 7 atom stereocenters. The van der Waals surface area contributed by atoms with Crippen molar-refractivity contribution in [2.45, 2.75) is 123 Å². The van der Waals surface area contributed by atoms with E-state index in [4.69, 9.17) is 9.57 Å². The van der Waals surface area contributed by atoms with Crippen LogP contribution in [0.15, 0.2) is 66.3 Å². The van der Waals surface area contributed by atoms with Gasteiger partial charge in [-0.15, -0.1) is 0 Å². The van der Waals surface area contributed by atoms with Gasteiger partial charge in [-0.05, 0) is 87.5 Å². The number of phenolic OH excluding ortho intramolecular Hbond substituents is 1. The Bertz CT molecular complexity index is 1820. The maximum absolute atomic E-state index is 14.4. The number of hydrogen-bond acceptors (Lipinski definition) is 11. The Morgan fingerprint density at radius 3 is 2.39 bits per heavy atom. The summed E-state index contributed by atoms with van der Waals surface area (Å²) in [5.41, 5.74) is 3.79. The number of carbonyl (C=O) groups excluding carboxylic acids is 6. The molecule has 3 aliphatic heterocycles. The van der Waals surface area contributed by atoms with E-state index in [1.54, 1.807) is 52.0 Å². The molecule has 4 amide bonds. The van der Waals surface area contributed by atoms with E-state index < -0.39 is 77.6 Å². The number of Topliss-reactive ketones (excluding diaryl/α,β-unsaturated/α-hetero) is 1. The average molecular weight is 852 g/mol. The zero-order valence-electron chi connectivity index (χ0n) is 35.8. The van der Waals surface area contributed by atoms with Crippen LogP contribution in [0.2, 0.25) is 0 Å². The zero-order valence-corrected chi connectivity index (χ0v) is 35.8. The highest BCUT2D eigenvalue weighted by Crippen LogP contribution is 2.24. The Morgan fingerprint density at radius 1 is 0.984 bits per heavy atom. The van der Waals surface area contributed by atoms with Crippen LogP contribution in [0.5, 0.6) is 5.75 Å². The second-order valence-electron chi connectivity index (χ2n) is 16.4.